The van der Waals surface area contributed by atoms with Gasteiger partial charge in [0.1, 0.15) is 0 Å². The van der Waals surface area contributed by atoms with Crippen LogP contribution in [-0.4, -0.2) is 11.5 Å². The Kier molecular flexibility index (Phi) is 18.4. The molecule has 0 N–H and O–H groups in total. The van der Waals surface area contributed by atoms with Gasteiger partial charge in [0.15, 0.2) is 0 Å². The zero-order valence-corrected chi connectivity index (χ0v) is 28.7. The first-order valence-corrected chi connectivity index (χ1v) is 16.8. The lowest BCUT2D eigenvalue weighted by Gasteiger charge is -2.38. The highest BCUT2D eigenvalue weighted by Crippen LogP contribution is 2.39. The van der Waals surface area contributed by atoms with Crippen LogP contribution in [0.2, 0.25) is 5.02 Å². The van der Waals surface area contributed by atoms with Crippen molar-refractivity contribution in [2.75, 3.05) is 11.4 Å². The van der Waals surface area contributed by atoms with Gasteiger partial charge in [-0.2, -0.15) is 0 Å². The molecule has 2 nitrogen and oxygen atoms in total. The summed E-state index contributed by atoms with van der Waals surface area (Å²) in [5, 5.41) is 0.903. The van der Waals surface area contributed by atoms with Crippen molar-refractivity contribution in [1.29, 1.82) is 0 Å². The number of pyridine rings is 1. The second-order valence-corrected chi connectivity index (χ2v) is 11.3. The molecule has 1 fully saturated rings. The molecule has 3 heteroatoms. The number of hydrogen-bond acceptors (Lipinski definition) is 2. The third kappa shape index (κ3) is 11.8. The average Bonchev–Trinajstić information content (AvgIpc) is 3.03. The summed E-state index contributed by atoms with van der Waals surface area (Å²) < 4.78 is 0. The molecular weight excluding hydrogens is 520 g/mol. The predicted octanol–water partition coefficient (Wildman–Crippen LogP) is 12.2. The van der Waals surface area contributed by atoms with Crippen LogP contribution in [0.1, 0.15) is 134 Å². The van der Waals surface area contributed by atoms with Gasteiger partial charge in [0.05, 0.1) is 16.8 Å². The molecule has 3 aromatic rings. The fourth-order valence-corrected chi connectivity index (χ4v) is 5.30. The summed E-state index contributed by atoms with van der Waals surface area (Å²) in [7, 11) is 0. The highest BCUT2D eigenvalue weighted by atomic mass is 35.5. The first-order chi connectivity index (χ1) is 19.9. The maximum absolute atomic E-state index is 6.73. The summed E-state index contributed by atoms with van der Waals surface area (Å²) in [6, 6.07) is 20.5. The van der Waals surface area contributed by atoms with E-state index in [2.05, 4.69) is 106 Å². The monoisotopic (exact) mass is 578 g/mol. The van der Waals surface area contributed by atoms with E-state index in [1.165, 1.54) is 65.7 Å². The fourth-order valence-electron chi connectivity index (χ4n) is 4.98. The minimum Gasteiger partial charge on any atom is -0.363 e. The summed E-state index contributed by atoms with van der Waals surface area (Å²) in [5.74, 6) is 1.35. The molecule has 1 aliphatic rings. The van der Waals surface area contributed by atoms with E-state index in [4.69, 9.17) is 11.6 Å². The number of piperidine rings is 1. The van der Waals surface area contributed by atoms with E-state index in [9.17, 15) is 0 Å². The Morgan fingerprint density at radius 1 is 0.878 bits per heavy atom. The summed E-state index contributed by atoms with van der Waals surface area (Å²) in [5.41, 5.74) is 7.81. The van der Waals surface area contributed by atoms with Crippen LogP contribution >= 0.6 is 11.6 Å². The molecular formula is C38H59ClN2. The second-order valence-electron chi connectivity index (χ2n) is 10.9. The Morgan fingerprint density at radius 3 is 2.10 bits per heavy atom. The van der Waals surface area contributed by atoms with E-state index in [-0.39, 0.29) is 0 Å². The van der Waals surface area contributed by atoms with Crippen molar-refractivity contribution in [2.45, 2.75) is 126 Å². The molecule has 228 valence electrons. The topological polar surface area (TPSA) is 16.1 Å². The van der Waals surface area contributed by atoms with Gasteiger partial charge in [0, 0.05) is 18.4 Å². The first kappa shape index (κ1) is 36.7. The Morgan fingerprint density at radius 2 is 1.56 bits per heavy atom. The summed E-state index contributed by atoms with van der Waals surface area (Å²) >= 11 is 6.73. The Labute approximate surface area is 259 Å². The van der Waals surface area contributed by atoms with Gasteiger partial charge in [-0.05, 0) is 92.2 Å². The average molecular weight is 579 g/mol. The van der Waals surface area contributed by atoms with Crippen LogP contribution in [0.3, 0.4) is 0 Å². The van der Waals surface area contributed by atoms with Crippen molar-refractivity contribution in [3.8, 4) is 0 Å². The molecule has 0 amide bonds. The standard InChI is InChI=1S/C23H30ClN.C11H17N.2C2H6/c1-4-17(2)15-19-10-13-23(21(24)16-19)25-14-6-5-7-22(25)20-11-8-18(3)9-12-20;1-4-9(3)10-6-7-11(5-2)12-8-10;2*1-2/h8-13,16-17,22H,4-7,14-15H2,1-3H3;6-9H,4-5H2,1-3H3;2*1-2H3/t17?,22-;;;/m0.../s1. The Bertz CT molecular complexity index is 1070. The van der Waals surface area contributed by atoms with Crippen LogP contribution in [0.5, 0.6) is 0 Å². The van der Waals surface area contributed by atoms with E-state index in [1.807, 2.05) is 33.9 Å². The van der Waals surface area contributed by atoms with E-state index >= 15 is 0 Å². The molecule has 0 saturated carbocycles. The number of nitrogens with zero attached hydrogens (tertiary/aromatic N) is 2. The van der Waals surface area contributed by atoms with Crippen molar-refractivity contribution in [3.05, 3.63) is 93.8 Å². The number of benzene rings is 2. The lowest BCUT2D eigenvalue weighted by molar-refractivity contribution is 0.473. The van der Waals surface area contributed by atoms with Gasteiger partial charge in [-0.25, -0.2) is 0 Å². The highest BCUT2D eigenvalue weighted by Gasteiger charge is 2.25. The molecule has 1 aliphatic heterocycles. The van der Waals surface area contributed by atoms with Gasteiger partial charge in [-0.15, -0.1) is 0 Å². The number of aryl methyl sites for hydroxylation is 2. The maximum Gasteiger partial charge on any atom is 0.0642 e. The zero-order chi connectivity index (χ0) is 30.8. The molecule has 0 aliphatic carbocycles. The third-order valence-electron chi connectivity index (χ3n) is 7.96. The number of halogens is 1. The van der Waals surface area contributed by atoms with Crippen LogP contribution in [0.15, 0.2) is 60.8 Å². The third-order valence-corrected chi connectivity index (χ3v) is 8.26. The molecule has 1 saturated heterocycles. The smallest absolute Gasteiger partial charge is 0.0642 e. The largest absolute Gasteiger partial charge is 0.363 e. The van der Waals surface area contributed by atoms with Crippen LogP contribution in [0.25, 0.3) is 0 Å². The molecule has 0 bridgehead atoms. The number of hydrogen-bond donors (Lipinski definition) is 0. The van der Waals surface area contributed by atoms with E-state index in [0.717, 1.165) is 24.4 Å². The van der Waals surface area contributed by atoms with Crippen molar-refractivity contribution >= 4 is 17.3 Å². The molecule has 0 spiro atoms. The van der Waals surface area contributed by atoms with Crippen molar-refractivity contribution < 1.29 is 0 Å². The van der Waals surface area contributed by atoms with Crippen LogP contribution < -0.4 is 4.90 Å². The predicted molar refractivity (Wildman–Crippen MR) is 185 cm³/mol. The van der Waals surface area contributed by atoms with Crippen molar-refractivity contribution in [1.82, 2.24) is 4.98 Å². The van der Waals surface area contributed by atoms with Crippen molar-refractivity contribution in [3.63, 3.8) is 0 Å². The maximum atomic E-state index is 6.73. The molecule has 2 unspecified atom stereocenters. The Balaban J connectivity index is 0.000000441. The van der Waals surface area contributed by atoms with Gasteiger partial charge in [0.2, 0.25) is 0 Å². The molecule has 2 aromatic carbocycles. The van der Waals surface area contributed by atoms with E-state index in [1.54, 1.807) is 0 Å². The van der Waals surface area contributed by atoms with Gasteiger partial charge in [-0.1, -0.05) is 122 Å². The molecule has 41 heavy (non-hydrogen) atoms. The SMILES string of the molecule is CC.CC.CCC(C)Cc1ccc(N2CCCC[C@H]2c2ccc(C)cc2)c(Cl)c1.CCc1ccc(C(C)CC)cn1. The van der Waals surface area contributed by atoms with Crippen LogP contribution in [0.4, 0.5) is 5.69 Å². The summed E-state index contributed by atoms with van der Waals surface area (Å²) in [4.78, 5) is 6.88. The second kappa shape index (κ2) is 20.5. The minimum absolute atomic E-state index is 0.437. The number of rotatable bonds is 8. The number of aromatic nitrogens is 1. The molecule has 0 radical (unpaired) electrons. The molecule has 1 aromatic heterocycles. The molecule has 3 atom stereocenters. The van der Waals surface area contributed by atoms with Gasteiger partial charge >= 0.3 is 0 Å². The Hall–Kier alpha value is -2.32. The first-order valence-electron chi connectivity index (χ1n) is 16.4. The molecule has 4 rings (SSSR count). The van der Waals surface area contributed by atoms with Gasteiger partial charge in [0.25, 0.3) is 0 Å². The fraction of sp³-hybridized carbons (Fsp3) is 0.553. The summed E-state index contributed by atoms with van der Waals surface area (Å²) in [6.07, 6.45) is 10.3. The van der Waals surface area contributed by atoms with Gasteiger partial charge < -0.3 is 4.90 Å². The zero-order valence-electron chi connectivity index (χ0n) is 27.9. The quantitative estimate of drug-likeness (QED) is 0.264. The highest BCUT2D eigenvalue weighted by molar-refractivity contribution is 6.33. The van der Waals surface area contributed by atoms with Crippen molar-refractivity contribution in [2.24, 2.45) is 5.92 Å². The number of anilines is 1. The normalized spacial score (nSPS) is 15.7. The van der Waals surface area contributed by atoms with E-state index < -0.39 is 0 Å². The van der Waals surface area contributed by atoms with Crippen LogP contribution in [-0.2, 0) is 12.8 Å². The summed E-state index contributed by atoms with van der Waals surface area (Å²) in [6.45, 7) is 22.4. The van der Waals surface area contributed by atoms with E-state index in [0.29, 0.717) is 17.9 Å². The van der Waals surface area contributed by atoms with Gasteiger partial charge in [-0.3, -0.25) is 4.98 Å². The lowest BCUT2D eigenvalue weighted by Crippen LogP contribution is -2.33. The van der Waals surface area contributed by atoms with Crippen LogP contribution in [0, 0.1) is 12.8 Å². The minimum atomic E-state index is 0.437. The molecule has 2 heterocycles. The lowest BCUT2D eigenvalue weighted by atomic mass is 9.93.